The molecule has 0 amide bonds. The van der Waals surface area contributed by atoms with Gasteiger partial charge < -0.3 is 5.73 Å². The minimum atomic E-state index is 0.0204. The maximum Gasteiger partial charge on any atom is 0.0646 e. The van der Waals surface area contributed by atoms with Crippen LogP contribution in [-0.2, 0) is 0 Å². The van der Waals surface area contributed by atoms with Crippen molar-refractivity contribution in [2.24, 2.45) is 5.73 Å². The zero-order valence-electron chi connectivity index (χ0n) is 7.48. The smallest absolute Gasteiger partial charge is 0.0646 e. The molecule has 1 nitrogen and oxygen atoms in total. The Bertz CT molecular complexity index is 394. The molecule has 2 N–H and O–H groups in total. The van der Waals surface area contributed by atoms with Gasteiger partial charge in [-0.05, 0) is 51.7 Å². The lowest BCUT2D eigenvalue weighted by molar-refractivity contribution is 0.893. The summed E-state index contributed by atoms with van der Waals surface area (Å²) in [5, 5.41) is 2.06. The van der Waals surface area contributed by atoms with Crippen molar-refractivity contribution >= 4 is 33.9 Å². The van der Waals surface area contributed by atoms with Crippen molar-refractivity contribution in [3.63, 3.8) is 0 Å². The SMILES string of the molecule is N[C@H](c1ccc(I)cc1)c1cccs1. The molecule has 0 radical (unpaired) electrons. The van der Waals surface area contributed by atoms with Crippen molar-refractivity contribution in [3.8, 4) is 0 Å². The van der Waals surface area contributed by atoms with Gasteiger partial charge in [-0.1, -0.05) is 18.2 Å². The highest BCUT2D eigenvalue weighted by Crippen LogP contribution is 2.23. The van der Waals surface area contributed by atoms with E-state index in [0.29, 0.717) is 0 Å². The van der Waals surface area contributed by atoms with E-state index in [-0.39, 0.29) is 6.04 Å². The highest BCUT2D eigenvalue weighted by atomic mass is 127. The Morgan fingerprint density at radius 3 is 2.43 bits per heavy atom. The molecule has 2 aromatic rings. The summed E-state index contributed by atoms with van der Waals surface area (Å²) in [6, 6.07) is 12.5. The molecular formula is C11H10INS. The van der Waals surface area contributed by atoms with E-state index in [9.17, 15) is 0 Å². The topological polar surface area (TPSA) is 26.0 Å². The molecule has 1 aromatic carbocycles. The van der Waals surface area contributed by atoms with E-state index in [1.165, 1.54) is 14.0 Å². The molecule has 0 saturated carbocycles. The third-order valence-corrected chi connectivity index (χ3v) is 3.75. The van der Waals surface area contributed by atoms with Crippen molar-refractivity contribution < 1.29 is 0 Å². The van der Waals surface area contributed by atoms with Crippen LogP contribution in [0.25, 0.3) is 0 Å². The average Bonchev–Trinajstić information content (AvgIpc) is 2.71. The lowest BCUT2D eigenvalue weighted by atomic mass is 10.1. The predicted octanol–water partition coefficient (Wildman–Crippen LogP) is 3.40. The Hall–Kier alpha value is -0.390. The summed E-state index contributed by atoms with van der Waals surface area (Å²) in [7, 11) is 0. The highest BCUT2D eigenvalue weighted by Gasteiger charge is 2.08. The molecule has 1 heterocycles. The number of rotatable bonds is 2. The molecule has 0 aliphatic rings. The van der Waals surface area contributed by atoms with E-state index in [1.807, 2.05) is 6.07 Å². The number of thiophene rings is 1. The molecule has 0 bridgehead atoms. The van der Waals surface area contributed by atoms with Gasteiger partial charge in [-0.25, -0.2) is 0 Å². The second-order valence-corrected chi connectivity index (χ2v) is 5.27. The Labute approximate surface area is 101 Å². The Morgan fingerprint density at radius 2 is 1.86 bits per heavy atom. The van der Waals surface area contributed by atoms with Crippen LogP contribution in [0.15, 0.2) is 41.8 Å². The predicted molar refractivity (Wildman–Crippen MR) is 69.5 cm³/mol. The third-order valence-electron chi connectivity index (χ3n) is 2.08. The Kier molecular flexibility index (Phi) is 3.20. The first kappa shape index (κ1) is 10.1. The first-order valence-electron chi connectivity index (χ1n) is 4.32. The number of benzene rings is 1. The molecule has 0 spiro atoms. The third kappa shape index (κ3) is 2.16. The maximum atomic E-state index is 6.12. The van der Waals surface area contributed by atoms with E-state index < -0.39 is 0 Å². The zero-order valence-corrected chi connectivity index (χ0v) is 10.5. The second-order valence-electron chi connectivity index (χ2n) is 3.04. The molecule has 0 aliphatic carbocycles. The van der Waals surface area contributed by atoms with E-state index in [4.69, 9.17) is 5.73 Å². The Balaban J connectivity index is 2.28. The normalized spacial score (nSPS) is 12.7. The van der Waals surface area contributed by atoms with Crippen LogP contribution in [0.3, 0.4) is 0 Å². The van der Waals surface area contributed by atoms with Crippen molar-refractivity contribution in [2.75, 3.05) is 0 Å². The van der Waals surface area contributed by atoms with Crippen LogP contribution >= 0.6 is 33.9 Å². The first-order valence-corrected chi connectivity index (χ1v) is 6.27. The molecule has 2 rings (SSSR count). The van der Waals surface area contributed by atoms with Crippen LogP contribution < -0.4 is 5.73 Å². The van der Waals surface area contributed by atoms with Crippen molar-refractivity contribution in [2.45, 2.75) is 6.04 Å². The quantitative estimate of drug-likeness (QED) is 0.845. The summed E-state index contributed by atoms with van der Waals surface area (Å²) in [6.45, 7) is 0. The van der Waals surface area contributed by atoms with Gasteiger partial charge in [0.1, 0.15) is 0 Å². The van der Waals surface area contributed by atoms with E-state index in [1.54, 1.807) is 11.3 Å². The van der Waals surface area contributed by atoms with Gasteiger partial charge >= 0.3 is 0 Å². The van der Waals surface area contributed by atoms with Crippen LogP contribution in [-0.4, -0.2) is 0 Å². The molecule has 0 unspecified atom stereocenters. The minimum absolute atomic E-state index is 0.0204. The first-order chi connectivity index (χ1) is 6.77. The molecule has 72 valence electrons. The van der Waals surface area contributed by atoms with Gasteiger partial charge in [-0.2, -0.15) is 0 Å². The fourth-order valence-corrected chi connectivity index (χ4v) is 2.42. The lowest BCUT2D eigenvalue weighted by Gasteiger charge is -2.09. The zero-order chi connectivity index (χ0) is 9.97. The monoisotopic (exact) mass is 315 g/mol. The molecule has 0 fully saturated rings. The van der Waals surface area contributed by atoms with Crippen LogP contribution in [0.1, 0.15) is 16.5 Å². The van der Waals surface area contributed by atoms with Gasteiger partial charge in [-0.15, -0.1) is 11.3 Å². The summed E-state index contributed by atoms with van der Waals surface area (Å²) in [5.41, 5.74) is 7.29. The molecule has 3 heteroatoms. The summed E-state index contributed by atoms with van der Waals surface area (Å²) < 4.78 is 1.24. The number of halogens is 1. The molecule has 0 aliphatic heterocycles. The number of hydrogen-bond donors (Lipinski definition) is 1. The van der Waals surface area contributed by atoms with E-state index >= 15 is 0 Å². The van der Waals surface area contributed by atoms with Gasteiger partial charge in [0.15, 0.2) is 0 Å². The summed E-state index contributed by atoms with van der Waals surface area (Å²) in [6.07, 6.45) is 0. The van der Waals surface area contributed by atoms with Crippen LogP contribution in [0.2, 0.25) is 0 Å². The van der Waals surface area contributed by atoms with Gasteiger partial charge in [0.25, 0.3) is 0 Å². The van der Waals surface area contributed by atoms with E-state index in [0.717, 1.165) is 0 Å². The van der Waals surface area contributed by atoms with Crippen molar-refractivity contribution in [1.29, 1.82) is 0 Å². The van der Waals surface area contributed by atoms with Gasteiger partial charge in [0.05, 0.1) is 6.04 Å². The van der Waals surface area contributed by atoms with E-state index in [2.05, 4.69) is 58.3 Å². The van der Waals surface area contributed by atoms with Crippen LogP contribution in [0.5, 0.6) is 0 Å². The lowest BCUT2D eigenvalue weighted by Crippen LogP contribution is -2.09. The van der Waals surface area contributed by atoms with Crippen LogP contribution in [0.4, 0.5) is 0 Å². The summed E-state index contributed by atoms with van der Waals surface area (Å²) >= 11 is 4.00. The van der Waals surface area contributed by atoms with Crippen molar-refractivity contribution in [1.82, 2.24) is 0 Å². The molecule has 14 heavy (non-hydrogen) atoms. The van der Waals surface area contributed by atoms with Crippen molar-refractivity contribution in [3.05, 3.63) is 55.8 Å². The summed E-state index contributed by atoms with van der Waals surface area (Å²) in [5.74, 6) is 0. The Morgan fingerprint density at radius 1 is 1.14 bits per heavy atom. The minimum Gasteiger partial charge on any atom is -0.320 e. The number of hydrogen-bond acceptors (Lipinski definition) is 2. The largest absolute Gasteiger partial charge is 0.320 e. The average molecular weight is 315 g/mol. The summed E-state index contributed by atoms with van der Waals surface area (Å²) in [4.78, 5) is 1.21. The standard InChI is InChI=1S/C11H10INS/c12-9-5-3-8(4-6-9)11(13)10-2-1-7-14-10/h1-7,11H,13H2/t11-/m1/s1. The van der Waals surface area contributed by atoms with Gasteiger partial charge in [-0.3, -0.25) is 0 Å². The highest BCUT2D eigenvalue weighted by molar-refractivity contribution is 14.1. The second kappa shape index (κ2) is 4.42. The maximum absolute atomic E-state index is 6.12. The van der Waals surface area contributed by atoms with Gasteiger partial charge in [0.2, 0.25) is 0 Å². The molecule has 1 aromatic heterocycles. The number of nitrogens with two attached hydrogens (primary N) is 1. The molecular weight excluding hydrogens is 305 g/mol. The fourth-order valence-electron chi connectivity index (χ4n) is 1.30. The molecule has 0 saturated heterocycles. The van der Waals surface area contributed by atoms with Gasteiger partial charge in [0, 0.05) is 8.45 Å². The van der Waals surface area contributed by atoms with Crippen LogP contribution in [0, 0.1) is 3.57 Å². The fraction of sp³-hybridized carbons (Fsp3) is 0.0909. The molecule has 1 atom stereocenters.